The molecule has 0 spiro atoms. The lowest BCUT2D eigenvalue weighted by Gasteiger charge is -2.30. The van der Waals surface area contributed by atoms with Crippen molar-refractivity contribution in [1.29, 1.82) is 5.26 Å². The summed E-state index contributed by atoms with van der Waals surface area (Å²) in [5.74, 6) is -1.38. The Morgan fingerprint density at radius 2 is 1.73 bits per heavy atom. The number of benzene rings is 2. The molecule has 0 saturated carbocycles. The van der Waals surface area contributed by atoms with Crippen LogP contribution in [0, 0.1) is 11.3 Å². The van der Waals surface area contributed by atoms with E-state index in [1.54, 1.807) is 35.2 Å². The van der Waals surface area contributed by atoms with E-state index in [-0.39, 0.29) is 17.9 Å². The highest BCUT2D eigenvalue weighted by molar-refractivity contribution is 5.95. The fourth-order valence-electron chi connectivity index (χ4n) is 2.98. The molecule has 1 aliphatic heterocycles. The number of anilines is 1. The first-order valence-electron chi connectivity index (χ1n) is 9.48. The summed E-state index contributed by atoms with van der Waals surface area (Å²) in [5.41, 5.74) is 1.28. The topological polar surface area (TPSA) is 109 Å². The highest BCUT2D eigenvalue weighted by Crippen LogP contribution is 2.23. The smallest absolute Gasteiger partial charge is 0.339 e. The molecule has 2 amide bonds. The van der Waals surface area contributed by atoms with Gasteiger partial charge in [-0.1, -0.05) is 30.3 Å². The molecule has 0 radical (unpaired) electrons. The number of nitriles is 1. The molecule has 1 aliphatic rings. The van der Waals surface area contributed by atoms with Crippen LogP contribution in [0.4, 0.5) is 5.69 Å². The number of carbonyl (C=O) groups excluding carboxylic acids is 3. The van der Waals surface area contributed by atoms with Crippen LogP contribution in [0.3, 0.4) is 0 Å². The summed E-state index contributed by atoms with van der Waals surface area (Å²) in [6, 6.07) is 16.7. The highest BCUT2D eigenvalue weighted by Gasteiger charge is 2.30. The summed E-state index contributed by atoms with van der Waals surface area (Å²) in [4.78, 5) is 38.8. The average molecular weight is 407 g/mol. The van der Waals surface area contributed by atoms with Crippen LogP contribution in [-0.2, 0) is 19.1 Å². The fourth-order valence-corrected chi connectivity index (χ4v) is 2.98. The Morgan fingerprint density at radius 1 is 1.07 bits per heavy atom. The molecular weight excluding hydrogens is 386 g/mol. The zero-order valence-electron chi connectivity index (χ0n) is 16.2. The maximum absolute atomic E-state index is 13.0. The Kier molecular flexibility index (Phi) is 7.14. The Balaban J connectivity index is 1.73. The largest absolute Gasteiger partial charge is 0.444 e. The van der Waals surface area contributed by atoms with Crippen molar-refractivity contribution in [2.45, 2.75) is 12.5 Å². The van der Waals surface area contributed by atoms with Crippen LogP contribution < -0.4 is 5.32 Å². The van der Waals surface area contributed by atoms with Crippen molar-refractivity contribution in [2.75, 3.05) is 31.6 Å². The maximum atomic E-state index is 13.0. The predicted molar refractivity (Wildman–Crippen MR) is 107 cm³/mol. The molecule has 2 aromatic carbocycles. The quantitative estimate of drug-likeness (QED) is 0.736. The number of morpholine rings is 1. The van der Waals surface area contributed by atoms with Gasteiger partial charge in [0.25, 0.3) is 5.91 Å². The lowest BCUT2D eigenvalue weighted by atomic mass is 10.1. The minimum absolute atomic E-state index is 0.240. The van der Waals surface area contributed by atoms with E-state index in [1.807, 2.05) is 6.07 Å². The molecule has 3 rings (SSSR count). The number of carbonyl (C=O) groups is 3. The van der Waals surface area contributed by atoms with E-state index in [0.29, 0.717) is 37.6 Å². The second kappa shape index (κ2) is 10.2. The lowest BCUT2D eigenvalue weighted by molar-refractivity contribution is -0.145. The SMILES string of the molecule is N#CCC(=O)Nc1ccc(C(=O)O[C@H](C(=O)N2CCOCC2)c2ccccc2)cc1. The van der Waals surface area contributed by atoms with Gasteiger partial charge in [-0.25, -0.2) is 4.79 Å². The molecular formula is C22H21N3O5. The van der Waals surface area contributed by atoms with Crippen molar-refractivity contribution in [3.63, 3.8) is 0 Å². The summed E-state index contributed by atoms with van der Waals surface area (Å²) in [5, 5.41) is 11.1. The van der Waals surface area contributed by atoms with E-state index < -0.39 is 18.0 Å². The van der Waals surface area contributed by atoms with Crippen LogP contribution in [0.25, 0.3) is 0 Å². The molecule has 8 nitrogen and oxygen atoms in total. The van der Waals surface area contributed by atoms with Gasteiger partial charge < -0.3 is 19.7 Å². The first-order chi connectivity index (χ1) is 14.6. The molecule has 1 fully saturated rings. The van der Waals surface area contributed by atoms with Crippen molar-refractivity contribution in [2.24, 2.45) is 0 Å². The van der Waals surface area contributed by atoms with Gasteiger partial charge in [-0.05, 0) is 24.3 Å². The third kappa shape index (κ3) is 5.43. The minimum Gasteiger partial charge on any atom is -0.444 e. The molecule has 30 heavy (non-hydrogen) atoms. The Bertz CT molecular complexity index is 931. The van der Waals surface area contributed by atoms with Crippen molar-refractivity contribution < 1.29 is 23.9 Å². The first-order valence-corrected chi connectivity index (χ1v) is 9.48. The van der Waals surface area contributed by atoms with Crippen molar-refractivity contribution >= 4 is 23.5 Å². The number of nitrogens with zero attached hydrogens (tertiary/aromatic N) is 2. The first kappa shape index (κ1) is 21.0. The van der Waals surface area contributed by atoms with Crippen LogP contribution in [0.1, 0.15) is 28.4 Å². The number of rotatable bonds is 6. The normalized spacial score (nSPS) is 14.3. The monoisotopic (exact) mass is 407 g/mol. The number of nitrogens with one attached hydrogen (secondary N) is 1. The molecule has 1 heterocycles. The van der Waals surface area contributed by atoms with Gasteiger partial charge in [-0.3, -0.25) is 9.59 Å². The van der Waals surface area contributed by atoms with Crippen LogP contribution in [0.2, 0.25) is 0 Å². The maximum Gasteiger partial charge on any atom is 0.339 e. The van der Waals surface area contributed by atoms with Gasteiger partial charge in [-0.2, -0.15) is 5.26 Å². The third-order valence-electron chi connectivity index (χ3n) is 4.52. The van der Waals surface area contributed by atoms with E-state index in [0.717, 1.165) is 0 Å². The van der Waals surface area contributed by atoms with E-state index in [2.05, 4.69) is 5.32 Å². The second-order valence-corrected chi connectivity index (χ2v) is 6.59. The van der Waals surface area contributed by atoms with Crippen molar-refractivity contribution in [3.05, 3.63) is 65.7 Å². The summed E-state index contributed by atoms with van der Waals surface area (Å²) in [7, 11) is 0. The molecule has 0 bridgehead atoms. The zero-order chi connectivity index (χ0) is 21.3. The van der Waals surface area contributed by atoms with E-state index in [4.69, 9.17) is 14.7 Å². The number of hydrogen-bond acceptors (Lipinski definition) is 6. The number of esters is 1. The van der Waals surface area contributed by atoms with Gasteiger partial charge in [0, 0.05) is 24.3 Å². The molecule has 8 heteroatoms. The molecule has 1 atom stereocenters. The number of hydrogen-bond donors (Lipinski definition) is 1. The van der Waals surface area contributed by atoms with Crippen LogP contribution in [0.15, 0.2) is 54.6 Å². The van der Waals surface area contributed by atoms with Gasteiger partial charge in [0.15, 0.2) is 0 Å². The second-order valence-electron chi connectivity index (χ2n) is 6.59. The number of ether oxygens (including phenoxy) is 2. The standard InChI is InChI=1S/C22H21N3O5/c23-11-10-19(26)24-18-8-6-17(7-9-18)22(28)30-20(16-4-2-1-3-5-16)21(27)25-12-14-29-15-13-25/h1-9,20H,10,12-15H2,(H,24,26)/t20-/m0/s1. The lowest BCUT2D eigenvalue weighted by Crippen LogP contribution is -2.44. The van der Waals surface area contributed by atoms with Crippen LogP contribution >= 0.6 is 0 Å². The third-order valence-corrected chi connectivity index (χ3v) is 4.52. The van der Waals surface area contributed by atoms with Gasteiger partial charge in [0.2, 0.25) is 12.0 Å². The Hall–Kier alpha value is -3.70. The van der Waals surface area contributed by atoms with Crippen molar-refractivity contribution in [3.8, 4) is 6.07 Å². The van der Waals surface area contributed by atoms with Gasteiger partial charge in [-0.15, -0.1) is 0 Å². The zero-order valence-corrected chi connectivity index (χ0v) is 16.2. The fraction of sp³-hybridized carbons (Fsp3) is 0.273. The van der Waals surface area contributed by atoms with E-state index in [1.165, 1.54) is 24.3 Å². The van der Waals surface area contributed by atoms with Gasteiger partial charge >= 0.3 is 5.97 Å². The highest BCUT2D eigenvalue weighted by atomic mass is 16.5. The Morgan fingerprint density at radius 3 is 2.37 bits per heavy atom. The minimum atomic E-state index is -1.06. The molecule has 2 aromatic rings. The van der Waals surface area contributed by atoms with E-state index in [9.17, 15) is 14.4 Å². The molecule has 1 N–H and O–H groups in total. The molecule has 0 aromatic heterocycles. The summed E-state index contributed by atoms with van der Waals surface area (Å²) in [6.45, 7) is 1.77. The summed E-state index contributed by atoms with van der Waals surface area (Å²) in [6.07, 6.45) is -1.32. The summed E-state index contributed by atoms with van der Waals surface area (Å²) < 4.78 is 10.9. The summed E-state index contributed by atoms with van der Waals surface area (Å²) >= 11 is 0. The molecule has 0 unspecified atom stereocenters. The predicted octanol–water partition coefficient (Wildman–Crippen LogP) is 2.30. The van der Waals surface area contributed by atoms with E-state index >= 15 is 0 Å². The molecule has 1 saturated heterocycles. The van der Waals surface area contributed by atoms with Gasteiger partial charge in [0.05, 0.1) is 24.8 Å². The average Bonchev–Trinajstić information content (AvgIpc) is 2.78. The van der Waals surface area contributed by atoms with Crippen molar-refractivity contribution in [1.82, 2.24) is 4.90 Å². The molecule has 154 valence electrons. The molecule has 0 aliphatic carbocycles. The van der Waals surface area contributed by atoms with Crippen LogP contribution in [0.5, 0.6) is 0 Å². The van der Waals surface area contributed by atoms with Crippen LogP contribution in [-0.4, -0.2) is 49.0 Å². The van der Waals surface area contributed by atoms with Gasteiger partial charge in [0.1, 0.15) is 6.42 Å². The Labute approximate surface area is 174 Å². The number of amides is 2.